The molecule has 0 amide bonds. The van der Waals surface area contributed by atoms with E-state index in [0.29, 0.717) is 6.04 Å². The molecule has 3 rings (SSSR count). The molecule has 2 aliphatic rings. The largest absolute Gasteiger partial charge is 0.354 e. The van der Waals surface area contributed by atoms with Gasteiger partial charge in [-0.15, -0.1) is 24.0 Å². The van der Waals surface area contributed by atoms with Crippen LogP contribution in [-0.2, 0) is 13.6 Å². The number of rotatable bonds is 4. The lowest BCUT2D eigenvalue weighted by Crippen LogP contribution is -2.48. The lowest BCUT2D eigenvalue weighted by Gasteiger charge is -2.33. The molecule has 0 radical (unpaired) electrons. The van der Waals surface area contributed by atoms with Crippen molar-refractivity contribution < 1.29 is 0 Å². The van der Waals surface area contributed by atoms with E-state index in [-0.39, 0.29) is 24.0 Å². The van der Waals surface area contributed by atoms with E-state index in [1.54, 1.807) is 0 Å². The van der Waals surface area contributed by atoms with Crippen molar-refractivity contribution in [2.45, 2.75) is 44.3 Å². The van der Waals surface area contributed by atoms with Gasteiger partial charge >= 0.3 is 0 Å². The zero-order chi connectivity index (χ0) is 14.7. The van der Waals surface area contributed by atoms with E-state index in [9.17, 15) is 0 Å². The average molecular weight is 417 g/mol. The fourth-order valence-electron chi connectivity index (χ4n) is 3.09. The van der Waals surface area contributed by atoms with Crippen LogP contribution in [-0.4, -0.2) is 47.6 Å². The summed E-state index contributed by atoms with van der Waals surface area (Å²) in [5, 5.41) is 6.98. The molecule has 5 nitrogen and oxygen atoms in total. The molecule has 0 bridgehead atoms. The molecule has 2 N–H and O–H groups in total. The molecule has 1 aromatic heterocycles. The molecule has 0 unspecified atom stereocenters. The number of hydrogen-bond donors (Lipinski definition) is 2. The van der Waals surface area contributed by atoms with Crippen LogP contribution in [0.4, 0.5) is 0 Å². The third-order valence-electron chi connectivity index (χ3n) is 4.65. The molecule has 1 aliphatic carbocycles. The Hall–Kier alpha value is -0.760. The molecule has 1 saturated heterocycles. The average Bonchev–Trinajstić information content (AvgIpc) is 3.27. The standard InChI is InChI=1S/C16H27N5.HI/c1-17-16(18-12-15-4-3-9-20(15)2)19-13-7-10-21(11-8-13)14-5-6-14;/h3-4,9,13-14H,5-8,10-12H2,1-2H3,(H2,17,18,19);1H. The molecule has 1 saturated carbocycles. The van der Waals surface area contributed by atoms with Crippen LogP contribution in [0, 0.1) is 0 Å². The summed E-state index contributed by atoms with van der Waals surface area (Å²) in [6.45, 7) is 3.28. The molecule has 1 aliphatic heterocycles. The van der Waals surface area contributed by atoms with Crippen LogP contribution in [0.5, 0.6) is 0 Å². The predicted molar refractivity (Wildman–Crippen MR) is 102 cm³/mol. The number of likely N-dealkylation sites (tertiary alicyclic amines) is 1. The van der Waals surface area contributed by atoms with E-state index in [1.807, 2.05) is 7.05 Å². The molecular formula is C16H28IN5. The maximum absolute atomic E-state index is 4.35. The quantitative estimate of drug-likeness (QED) is 0.447. The van der Waals surface area contributed by atoms with Crippen LogP contribution in [0.15, 0.2) is 23.3 Å². The summed E-state index contributed by atoms with van der Waals surface area (Å²) in [5.41, 5.74) is 1.27. The molecule has 22 heavy (non-hydrogen) atoms. The summed E-state index contributed by atoms with van der Waals surface area (Å²) < 4.78 is 2.13. The number of aromatic nitrogens is 1. The molecule has 2 fully saturated rings. The first-order valence-electron chi connectivity index (χ1n) is 8.07. The number of hydrogen-bond acceptors (Lipinski definition) is 2. The van der Waals surface area contributed by atoms with Crippen molar-refractivity contribution >= 4 is 29.9 Å². The fourth-order valence-corrected chi connectivity index (χ4v) is 3.09. The van der Waals surface area contributed by atoms with Crippen molar-refractivity contribution in [3.8, 4) is 0 Å². The highest BCUT2D eigenvalue weighted by molar-refractivity contribution is 14.0. The van der Waals surface area contributed by atoms with Crippen molar-refractivity contribution in [2.24, 2.45) is 12.0 Å². The minimum atomic E-state index is 0. The van der Waals surface area contributed by atoms with Gasteiger partial charge < -0.3 is 20.1 Å². The Morgan fingerprint density at radius 2 is 2.00 bits per heavy atom. The number of aliphatic imine (C=N–C) groups is 1. The summed E-state index contributed by atoms with van der Waals surface area (Å²) in [5.74, 6) is 0.918. The predicted octanol–water partition coefficient (Wildman–Crippen LogP) is 1.93. The van der Waals surface area contributed by atoms with Gasteiger partial charge in [0.2, 0.25) is 0 Å². The maximum atomic E-state index is 4.35. The maximum Gasteiger partial charge on any atom is 0.191 e. The lowest BCUT2D eigenvalue weighted by atomic mass is 10.1. The number of nitrogens with one attached hydrogen (secondary N) is 2. The number of nitrogens with zero attached hydrogens (tertiary/aromatic N) is 3. The van der Waals surface area contributed by atoms with Gasteiger partial charge in [-0.05, 0) is 37.8 Å². The van der Waals surface area contributed by atoms with E-state index in [0.717, 1.165) is 18.5 Å². The van der Waals surface area contributed by atoms with Crippen LogP contribution >= 0.6 is 24.0 Å². The molecular weight excluding hydrogens is 389 g/mol. The van der Waals surface area contributed by atoms with Crippen molar-refractivity contribution in [1.82, 2.24) is 20.1 Å². The third-order valence-corrected chi connectivity index (χ3v) is 4.65. The second kappa shape index (κ2) is 8.19. The van der Waals surface area contributed by atoms with Gasteiger partial charge in [0.1, 0.15) is 0 Å². The fraction of sp³-hybridized carbons (Fsp3) is 0.688. The first kappa shape index (κ1) is 17.6. The molecule has 0 atom stereocenters. The first-order chi connectivity index (χ1) is 10.3. The molecule has 2 heterocycles. The highest BCUT2D eigenvalue weighted by atomic mass is 127. The number of aryl methyl sites for hydroxylation is 1. The normalized spacial score (nSPS) is 20.5. The first-order valence-corrected chi connectivity index (χ1v) is 8.07. The van der Waals surface area contributed by atoms with Crippen molar-refractivity contribution in [3.05, 3.63) is 24.0 Å². The van der Waals surface area contributed by atoms with Crippen LogP contribution < -0.4 is 10.6 Å². The Kier molecular flexibility index (Phi) is 6.55. The van der Waals surface area contributed by atoms with Crippen LogP contribution in [0.1, 0.15) is 31.4 Å². The summed E-state index contributed by atoms with van der Waals surface area (Å²) in [6.07, 6.45) is 7.35. The summed E-state index contributed by atoms with van der Waals surface area (Å²) >= 11 is 0. The smallest absolute Gasteiger partial charge is 0.191 e. The van der Waals surface area contributed by atoms with Crippen molar-refractivity contribution in [1.29, 1.82) is 0 Å². The van der Waals surface area contributed by atoms with Gasteiger partial charge in [0, 0.05) is 51.2 Å². The van der Waals surface area contributed by atoms with Gasteiger partial charge in [-0.3, -0.25) is 4.99 Å². The summed E-state index contributed by atoms with van der Waals surface area (Å²) in [7, 11) is 3.92. The van der Waals surface area contributed by atoms with Crippen molar-refractivity contribution in [2.75, 3.05) is 20.1 Å². The Balaban J connectivity index is 0.00000176. The Bertz CT molecular complexity index is 486. The number of piperidine rings is 1. The Morgan fingerprint density at radius 1 is 1.27 bits per heavy atom. The number of guanidine groups is 1. The van der Waals surface area contributed by atoms with E-state index in [2.05, 4.69) is 50.5 Å². The van der Waals surface area contributed by atoms with Crippen LogP contribution in [0.3, 0.4) is 0 Å². The molecule has 124 valence electrons. The SMILES string of the molecule is CN=C(NCc1cccn1C)NC1CCN(C2CC2)CC1.I. The van der Waals surface area contributed by atoms with Gasteiger partial charge in [-0.25, -0.2) is 0 Å². The lowest BCUT2D eigenvalue weighted by molar-refractivity contribution is 0.197. The van der Waals surface area contributed by atoms with Gasteiger partial charge in [0.15, 0.2) is 5.96 Å². The van der Waals surface area contributed by atoms with Crippen LogP contribution in [0.2, 0.25) is 0 Å². The zero-order valence-electron chi connectivity index (χ0n) is 13.6. The van der Waals surface area contributed by atoms with Gasteiger partial charge in [0.25, 0.3) is 0 Å². The summed E-state index contributed by atoms with van der Waals surface area (Å²) in [6, 6.07) is 5.66. The van der Waals surface area contributed by atoms with E-state index < -0.39 is 0 Å². The second-order valence-corrected chi connectivity index (χ2v) is 6.22. The highest BCUT2D eigenvalue weighted by Crippen LogP contribution is 2.29. The van der Waals surface area contributed by atoms with E-state index in [1.165, 1.54) is 44.5 Å². The number of halogens is 1. The second-order valence-electron chi connectivity index (χ2n) is 6.22. The van der Waals surface area contributed by atoms with Crippen molar-refractivity contribution in [3.63, 3.8) is 0 Å². The van der Waals surface area contributed by atoms with Gasteiger partial charge in [-0.1, -0.05) is 0 Å². The molecule has 0 spiro atoms. The Labute approximate surface area is 150 Å². The van der Waals surface area contributed by atoms with E-state index >= 15 is 0 Å². The minimum Gasteiger partial charge on any atom is -0.354 e. The molecule has 6 heteroatoms. The zero-order valence-corrected chi connectivity index (χ0v) is 15.9. The third kappa shape index (κ3) is 4.62. The summed E-state index contributed by atoms with van der Waals surface area (Å²) in [4.78, 5) is 7.00. The van der Waals surface area contributed by atoms with Crippen LogP contribution in [0.25, 0.3) is 0 Å². The molecule has 1 aromatic rings. The van der Waals surface area contributed by atoms with Gasteiger partial charge in [0.05, 0.1) is 6.54 Å². The van der Waals surface area contributed by atoms with Gasteiger partial charge in [-0.2, -0.15) is 0 Å². The monoisotopic (exact) mass is 417 g/mol. The Morgan fingerprint density at radius 3 is 2.55 bits per heavy atom. The highest BCUT2D eigenvalue weighted by Gasteiger charge is 2.31. The molecule has 0 aromatic carbocycles. The topological polar surface area (TPSA) is 44.6 Å². The van der Waals surface area contributed by atoms with E-state index in [4.69, 9.17) is 0 Å². The minimum absolute atomic E-state index is 0.